The molecule has 4 nitrogen and oxygen atoms in total. The lowest BCUT2D eigenvalue weighted by Crippen LogP contribution is -2.36. The van der Waals surface area contributed by atoms with Crippen molar-refractivity contribution in [1.82, 2.24) is 4.98 Å². The van der Waals surface area contributed by atoms with Crippen molar-refractivity contribution in [3.05, 3.63) is 40.7 Å². The molecule has 4 heteroatoms. The van der Waals surface area contributed by atoms with E-state index in [1.54, 1.807) is 12.3 Å². The number of aromatic nitrogens is 1. The van der Waals surface area contributed by atoms with E-state index in [9.17, 15) is 4.79 Å². The Labute approximate surface area is 98.8 Å². The fourth-order valence-corrected chi connectivity index (χ4v) is 2.18. The minimum Gasteiger partial charge on any atom is -0.378 e. The van der Waals surface area contributed by atoms with Gasteiger partial charge in [0.1, 0.15) is 0 Å². The van der Waals surface area contributed by atoms with E-state index in [0.29, 0.717) is 0 Å². The van der Waals surface area contributed by atoms with Crippen molar-refractivity contribution >= 4 is 16.6 Å². The van der Waals surface area contributed by atoms with Crippen LogP contribution in [0, 0.1) is 0 Å². The van der Waals surface area contributed by atoms with Gasteiger partial charge in [-0.05, 0) is 18.2 Å². The average Bonchev–Trinajstić information content (AvgIpc) is 2.40. The number of ether oxygens (including phenoxy) is 1. The van der Waals surface area contributed by atoms with Crippen molar-refractivity contribution in [3.8, 4) is 0 Å². The maximum absolute atomic E-state index is 11.8. The third kappa shape index (κ3) is 1.91. The molecule has 0 bridgehead atoms. The molecule has 1 aliphatic heterocycles. The number of nitrogens with one attached hydrogen (secondary N) is 1. The van der Waals surface area contributed by atoms with Crippen LogP contribution >= 0.6 is 0 Å². The van der Waals surface area contributed by atoms with Gasteiger partial charge in [0.15, 0.2) is 5.43 Å². The first-order chi connectivity index (χ1) is 8.34. The quantitative estimate of drug-likeness (QED) is 0.804. The number of benzene rings is 1. The fourth-order valence-electron chi connectivity index (χ4n) is 2.18. The molecule has 1 fully saturated rings. The second kappa shape index (κ2) is 4.22. The van der Waals surface area contributed by atoms with Gasteiger partial charge in [0.05, 0.1) is 13.2 Å². The third-order valence-electron chi connectivity index (χ3n) is 3.12. The highest BCUT2D eigenvalue weighted by atomic mass is 16.5. The molecule has 0 aliphatic carbocycles. The number of fused-ring (bicyclic) bond motifs is 1. The summed E-state index contributed by atoms with van der Waals surface area (Å²) < 4.78 is 5.32. The standard InChI is InChI=1S/C13H14N2O2/c16-13-3-4-14-12-2-1-10(9-11(12)13)15-5-7-17-8-6-15/h1-4,9H,5-8H2,(H,14,16). The van der Waals surface area contributed by atoms with Gasteiger partial charge in [-0.1, -0.05) is 0 Å². The van der Waals surface area contributed by atoms with Crippen molar-refractivity contribution in [2.45, 2.75) is 0 Å². The topological polar surface area (TPSA) is 45.3 Å². The molecule has 1 aliphatic rings. The lowest BCUT2D eigenvalue weighted by molar-refractivity contribution is 0.122. The number of H-pyrrole nitrogens is 1. The highest BCUT2D eigenvalue weighted by molar-refractivity contribution is 5.82. The Balaban J connectivity index is 2.06. The summed E-state index contributed by atoms with van der Waals surface area (Å²) in [6, 6.07) is 7.52. The number of hydrogen-bond acceptors (Lipinski definition) is 3. The second-order valence-electron chi connectivity index (χ2n) is 4.17. The molecule has 0 spiro atoms. The van der Waals surface area contributed by atoms with E-state index in [-0.39, 0.29) is 5.43 Å². The molecule has 1 aromatic carbocycles. The van der Waals surface area contributed by atoms with Crippen LogP contribution in [0.5, 0.6) is 0 Å². The summed E-state index contributed by atoms with van der Waals surface area (Å²) in [5.41, 5.74) is 2.04. The smallest absolute Gasteiger partial charge is 0.189 e. The summed E-state index contributed by atoms with van der Waals surface area (Å²) in [6.45, 7) is 3.28. The van der Waals surface area contributed by atoms with Gasteiger partial charge in [-0.2, -0.15) is 0 Å². The Morgan fingerprint density at radius 3 is 2.82 bits per heavy atom. The minimum absolute atomic E-state index is 0.0638. The van der Waals surface area contributed by atoms with Crippen molar-refractivity contribution in [2.24, 2.45) is 0 Å². The van der Waals surface area contributed by atoms with Gasteiger partial charge in [-0.3, -0.25) is 4.79 Å². The summed E-state index contributed by atoms with van der Waals surface area (Å²) in [4.78, 5) is 17.1. The molecular formula is C13H14N2O2. The van der Waals surface area contributed by atoms with Crippen molar-refractivity contribution in [2.75, 3.05) is 31.2 Å². The predicted molar refractivity (Wildman–Crippen MR) is 67.6 cm³/mol. The van der Waals surface area contributed by atoms with Crippen LogP contribution in [0.1, 0.15) is 0 Å². The zero-order valence-electron chi connectivity index (χ0n) is 9.48. The van der Waals surface area contributed by atoms with Crippen LogP contribution in [0.25, 0.3) is 10.9 Å². The van der Waals surface area contributed by atoms with Crippen LogP contribution in [0.4, 0.5) is 5.69 Å². The van der Waals surface area contributed by atoms with Gasteiger partial charge < -0.3 is 14.6 Å². The number of anilines is 1. The van der Waals surface area contributed by atoms with E-state index < -0.39 is 0 Å². The Morgan fingerprint density at radius 1 is 1.18 bits per heavy atom. The zero-order chi connectivity index (χ0) is 11.7. The number of rotatable bonds is 1. The fraction of sp³-hybridized carbons (Fsp3) is 0.308. The molecule has 0 unspecified atom stereocenters. The molecule has 2 aromatic rings. The van der Waals surface area contributed by atoms with E-state index >= 15 is 0 Å². The Morgan fingerprint density at radius 2 is 2.00 bits per heavy atom. The molecule has 0 saturated carbocycles. The van der Waals surface area contributed by atoms with E-state index in [1.165, 1.54) is 0 Å². The number of aromatic amines is 1. The molecule has 88 valence electrons. The van der Waals surface area contributed by atoms with Gasteiger partial charge in [-0.15, -0.1) is 0 Å². The van der Waals surface area contributed by atoms with Crippen molar-refractivity contribution in [1.29, 1.82) is 0 Å². The monoisotopic (exact) mass is 230 g/mol. The molecule has 0 amide bonds. The third-order valence-corrected chi connectivity index (χ3v) is 3.12. The summed E-state index contributed by atoms with van der Waals surface area (Å²) in [7, 11) is 0. The van der Waals surface area contributed by atoms with E-state index in [4.69, 9.17) is 4.74 Å². The highest BCUT2D eigenvalue weighted by Crippen LogP contribution is 2.19. The molecule has 1 N–H and O–H groups in total. The molecule has 0 atom stereocenters. The zero-order valence-corrected chi connectivity index (χ0v) is 9.48. The van der Waals surface area contributed by atoms with Crippen molar-refractivity contribution < 1.29 is 4.74 Å². The van der Waals surface area contributed by atoms with Crippen LogP contribution in [0.2, 0.25) is 0 Å². The first kappa shape index (κ1) is 10.4. The van der Waals surface area contributed by atoms with Crippen LogP contribution in [0.3, 0.4) is 0 Å². The van der Waals surface area contributed by atoms with Crippen LogP contribution in [-0.2, 0) is 4.74 Å². The van der Waals surface area contributed by atoms with Crippen LogP contribution in [0.15, 0.2) is 35.3 Å². The van der Waals surface area contributed by atoms with E-state index in [0.717, 1.165) is 42.9 Å². The van der Waals surface area contributed by atoms with Crippen LogP contribution in [-0.4, -0.2) is 31.3 Å². The number of nitrogens with zero attached hydrogens (tertiary/aromatic N) is 1. The van der Waals surface area contributed by atoms with Gasteiger partial charge in [0.2, 0.25) is 0 Å². The molecular weight excluding hydrogens is 216 g/mol. The SMILES string of the molecule is O=c1cc[nH]c2ccc(N3CCOCC3)cc12. The molecule has 17 heavy (non-hydrogen) atoms. The number of hydrogen-bond donors (Lipinski definition) is 1. The largest absolute Gasteiger partial charge is 0.378 e. The summed E-state index contributed by atoms with van der Waals surface area (Å²) in [5, 5.41) is 0.747. The molecule has 2 heterocycles. The molecule has 1 saturated heterocycles. The number of pyridine rings is 1. The Hall–Kier alpha value is -1.81. The van der Waals surface area contributed by atoms with Gasteiger partial charge in [0, 0.05) is 41.9 Å². The summed E-state index contributed by atoms with van der Waals surface area (Å²) >= 11 is 0. The van der Waals surface area contributed by atoms with E-state index in [1.807, 2.05) is 18.2 Å². The summed E-state index contributed by atoms with van der Waals surface area (Å²) in [5.74, 6) is 0. The molecule has 1 aromatic heterocycles. The van der Waals surface area contributed by atoms with E-state index in [2.05, 4.69) is 9.88 Å². The lowest BCUT2D eigenvalue weighted by Gasteiger charge is -2.28. The second-order valence-corrected chi connectivity index (χ2v) is 4.17. The number of morpholine rings is 1. The Bertz CT molecular complexity index is 585. The summed E-state index contributed by atoms with van der Waals surface area (Å²) in [6.07, 6.45) is 1.68. The maximum Gasteiger partial charge on any atom is 0.189 e. The molecule has 3 rings (SSSR count). The van der Waals surface area contributed by atoms with Gasteiger partial charge in [-0.25, -0.2) is 0 Å². The average molecular weight is 230 g/mol. The molecule has 0 radical (unpaired) electrons. The first-order valence-corrected chi connectivity index (χ1v) is 5.79. The predicted octanol–water partition coefficient (Wildman–Crippen LogP) is 1.36. The Kier molecular flexibility index (Phi) is 2.57. The minimum atomic E-state index is 0.0638. The van der Waals surface area contributed by atoms with Crippen LogP contribution < -0.4 is 10.3 Å². The normalized spacial score (nSPS) is 16.4. The first-order valence-electron chi connectivity index (χ1n) is 5.79. The highest BCUT2D eigenvalue weighted by Gasteiger charge is 2.11. The van der Waals surface area contributed by atoms with Gasteiger partial charge in [0.25, 0.3) is 0 Å². The van der Waals surface area contributed by atoms with Crippen molar-refractivity contribution in [3.63, 3.8) is 0 Å². The maximum atomic E-state index is 11.8. The lowest BCUT2D eigenvalue weighted by atomic mass is 10.1. The van der Waals surface area contributed by atoms with Gasteiger partial charge >= 0.3 is 0 Å².